The first-order valence-corrected chi connectivity index (χ1v) is 29.6. The third-order valence-electron chi connectivity index (χ3n) is 12.0. The number of carbonyl (C=O) groups excluding carboxylic acids is 2. The van der Waals surface area contributed by atoms with Gasteiger partial charge < -0.3 is 27.9 Å². The maximum Gasteiger partial charge on any atom is 0.306 e. The first-order chi connectivity index (χ1) is 33.5. The van der Waals surface area contributed by atoms with E-state index in [1.54, 1.807) is 0 Å². The van der Waals surface area contributed by atoms with E-state index < -0.39 is 32.5 Å². The number of ether oxygens (including phenoxy) is 2. The lowest BCUT2D eigenvalue weighted by Crippen LogP contribution is -2.37. The third-order valence-corrected chi connectivity index (χ3v) is 12.9. The fraction of sp³-hybridized carbons (Fsp3) is 0.763. The molecule has 0 fully saturated rings. The molecule has 0 rings (SSSR count). The Hall–Kier alpha value is -2.55. The van der Waals surface area contributed by atoms with Crippen molar-refractivity contribution in [2.45, 2.75) is 245 Å². The summed E-state index contributed by atoms with van der Waals surface area (Å²) < 4.78 is 34.1. The van der Waals surface area contributed by atoms with E-state index in [9.17, 15) is 19.0 Å². The summed E-state index contributed by atoms with van der Waals surface area (Å²) in [5.74, 6) is -0.846. The topological polar surface area (TPSA) is 111 Å². The van der Waals surface area contributed by atoms with Gasteiger partial charge in [0.25, 0.3) is 7.82 Å². The van der Waals surface area contributed by atoms with Gasteiger partial charge in [-0.2, -0.15) is 0 Å². The van der Waals surface area contributed by atoms with Gasteiger partial charge in [-0.05, 0) is 83.5 Å². The number of unbranched alkanes of at least 4 members (excludes halogenated alkanes) is 25. The molecular weight excluding hydrogens is 882 g/mol. The second-order valence-corrected chi connectivity index (χ2v) is 21.3. The molecule has 0 aromatic heterocycles. The number of phosphoric ester groups is 1. The number of quaternary nitrogens is 1. The molecule has 10 heteroatoms. The van der Waals surface area contributed by atoms with Gasteiger partial charge in [0.1, 0.15) is 19.8 Å². The van der Waals surface area contributed by atoms with Crippen LogP contribution >= 0.6 is 7.82 Å². The number of hydrogen-bond acceptors (Lipinski definition) is 8. The summed E-state index contributed by atoms with van der Waals surface area (Å²) in [5, 5.41) is 0. The molecule has 0 aromatic rings. The third kappa shape index (κ3) is 54.6. The highest BCUT2D eigenvalue weighted by atomic mass is 31.2. The molecule has 0 saturated carbocycles. The van der Waals surface area contributed by atoms with E-state index in [1.807, 2.05) is 21.1 Å². The van der Waals surface area contributed by atoms with Crippen molar-refractivity contribution in [3.05, 3.63) is 72.9 Å². The van der Waals surface area contributed by atoms with E-state index in [0.29, 0.717) is 23.9 Å². The highest BCUT2D eigenvalue weighted by Crippen LogP contribution is 2.38. The Morgan fingerprint density at radius 2 is 0.826 bits per heavy atom. The molecule has 2 atom stereocenters. The van der Waals surface area contributed by atoms with Crippen molar-refractivity contribution in [3.8, 4) is 0 Å². The second-order valence-electron chi connectivity index (χ2n) is 19.9. The zero-order valence-corrected chi connectivity index (χ0v) is 46.1. The van der Waals surface area contributed by atoms with Crippen LogP contribution in [0.2, 0.25) is 0 Å². The molecule has 9 nitrogen and oxygen atoms in total. The molecule has 0 bridgehead atoms. The van der Waals surface area contributed by atoms with Gasteiger partial charge in [-0.15, -0.1) is 0 Å². The number of carbonyl (C=O) groups is 2. The Balaban J connectivity index is 4.13. The van der Waals surface area contributed by atoms with E-state index in [4.69, 9.17) is 18.5 Å². The molecular formula is C59H106NO8P. The molecule has 69 heavy (non-hydrogen) atoms. The van der Waals surface area contributed by atoms with Crippen molar-refractivity contribution >= 4 is 19.8 Å². The van der Waals surface area contributed by atoms with E-state index in [0.717, 1.165) is 83.5 Å². The number of rotatable bonds is 51. The van der Waals surface area contributed by atoms with Crippen LogP contribution in [0.1, 0.15) is 239 Å². The van der Waals surface area contributed by atoms with Gasteiger partial charge in [0.15, 0.2) is 6.10 Å². The summed E-state index contributed by atoms with van der Waals surface area (Å²) in [6.07, 6.45) is 65.2. The standard InChI is InChI=1S/C59H106NO8P/c1-6-8-10-12-14-16-18-20-22-24-25-26-27-28-29-30-31-32-33-34-35-36-38-40-42-44-46-48-50-52-59(62)68-57(56-67-69(63,64)66-54-53-60(3,4)5)55-65-58(61)51-49-47-45-43-41-39-37-23-21-19-17-15-13-11-9-7-2/h8,10,14,16-17,19-20,22-23,25-26,37,57H,6-7,9,11-13,15,18,21,24,27-36,38-56H2,1-5H3/b10-8-,16-14-,19-17-,22-20-,26-25-,37-23-. The van der Waals surface area contributed by atoms with Crippen LogP contribution in [-0.4, -0.2) is 70.0 Å². The lowest BCUT2D eigenvalue weighted by Gasteiger charge is -2.28. The van der Waals surface area contributed by atoms with Crippen LogP contribution < -0.4 is 4.89 Å². The van der Waals surface area contributed by atoms with Crippen LogP contribution in [0.4, 0.5) is 0 Å². The summed E-state index contributed by atoms with van der Waals surface area (Å²) in [5.41, 5.74) is 0. The van der Waals surface area contributed by atoms with E-state index in [1.165, 1.54) is 116 Å². The van der Waals surface area contributed by atoms with Crippen molar-refractivity contribution in [3.63, 3.8) is 0 Å². The van der Waals surface area contributed by atoms with Crippen molar-refractivity contribution in [2.75, 3.05) is 47.5 Å². The van der Waals surface area contributed by atoms with Crippen molar-refractivity contribution < 1.29 is 42.1 Å². The molecule has 2 unspecified atom stereocenters. The summed E-state index contributed by atoms with van der Waals surface area (Å²) in [6.45, 7) is 4.10. The maximum atomic E-state index is 12.8. The average molecular weight is 988 g/mol. The second kappa shape index (κ2) is 50.4. The Labute approximate surface area is 425 Å². The largest absolute Gasteiger partial charge is 0.756 e. The first-order valence-electron chi connectivity index (χ1n) is 28.1. The number of esters is 2. The molecule has 0 saturated heterocycles. The van der Waals surface area contributed by atoms with Gasteiger partial charge in [-0.25, -0.2) is 0 Å². The van der Waals surface area contributed by atoms with Gasteiger partial charge in [-0.3, -0.25) is 14.2 Å². The molecule has 0 amide bonds. The number of allylic oxidation sites excluding steroid dienone is 12. The molecule has 0 aliphatic heterocycles. The summed E-state index contributed by atoms with van der Waals surface area (Å²) in [4.78, 5) is 37.8. The Morgan fingerprint density at radius 3 is 1.23 bits per heavy atom. The Kier molecular flexibility index (Phi) is 48.5. The number of nitrogens with zero attached hydrogens (tertiary/aromatic N) is 1. The molecule has 0 spiro atoms. The average Bonchev–Trinajstić information content (AvgIpc) is 3.31. The fourth-order valence-electron chi connectivity index (χ4n) is 7.62. The fourth-order valence-corrected chi connectivity index (χ4v) is 8.35. The maximum absolute atomic E-state index is 12.8. The quantitative estimate of drug-likeness (QED) is 0.0195. The van der Waals surface area contributed by atoms with Crippen molar-refractivity contribution in [1.82, 2.24) is 0 Å². The monoisotopic (exact) mass is 988 g/mol. The number of hydrogen-bond donors (Lipinski definition) is 0. The SMILES string of the molecule is CC/C=C\C/C=C\C/C=C\C/C=C\CCCCCCCCCCCCCCCCCCC(=O)OC(COC(=O)CCCCCCC/C=C\C/C=C\CCCCCC)COP(=O)([O-])OCC[N+](C)(C)C. The number of likely N-dealkylation sites (N-methyl/N-ethyl adjacent to an activating group) is 1. The van der Waals surface area contributed by atoms with E-state index in [-0.39, 0.29) is 26.1 Å². The molecule has 0 aliphatic carbocycles. The summed E-state index contributed by atoms with van der Waals surface area (Å²) >= 11 is 0. The lowest BCUT2D eigenvalue weighted by molar-refractivity contribution is -0.870. The molecule has 0 radical (unpaired) electrons. The predicted octanol–water partition coefficient (Wildman–Crippen LogP) is 16.7. The van der Waals surface area contributed by atoms with Gasteiger partial charge in [0, 0.05) is 12.8 Å². The van der Waals surface area contributed by atoms with Gasteiger partial charge >= 0.3 is 11.9 Å². The van der Waals surface area contributed by atoms with Crippen LogP contribution in [0.25, 0.3) is 0 Å². The zero-order chi connectivity index (χ0) is 50.6. The van der Waals surface area contributed by atoms with Crippen molar-refractivity contribution in [2.24, 2.45) is 0 Å². The van der Waals surface area contributed by atoms with Crippen LogP contribution in [0.15, 0.2) is 72.9 Å². The Morgan fingerprint density at radius 1 is 0.464 bits per heavy atom. The van der Waals surface area contributed by atoms with E-state index >= 15 is 0 Å². The smallest absolute Gasteiger partial charge is 0.306 e. The molecule has 0 heterocycles. The highest BCUT2D eigenvalue weighted by Gasteiger charge is 2.21. The Bertz CT molecular complexity index is 1400. The van der Waals surface area contributed by atoms with Crippen LogP contribution in [0, 0.1) is 0 Å². The van der Waals surface area contributed by atoms with Gasteiger partial charge in [0.05, 0.1) is 27.7 Å². The van der Waals surface area contributed by atoms with E-state index in [2.05, 4.69) is 86.8 Å². The molecule has 400 valence electrons. The van der Waals surface area contributed by atoms with Crippen molar-refractivity contribution in [1.29, 1.82) is 0 Å². The van der Waals surface area contributed by atoms with Crippen LogP contribution in [0.3, 0.4) is 0 Å². The summed E-state index contributed by atoms with van der Waals surface area (Å²) in [7, 11) is 1.16. The van der Waals surface area contributed by atoms with Gasteiger partial charge in [0.2, 0.25) is 0 Å². The first kappa shape index (κ1) is 66.5. The van der Waals surface area contributed by atoms with Crippen LogP contribution in [0.5, 0.6) is 0 Å². The minimum absolute atomic E-state index is 0.0348. The zero-order valence-electron chi connectivity index (χ0n) is 45.2. The summed E-state index contributed by atoms with van der Waals surface area (Å²) in [6, 6.07) is 0. The molecule has 0 aromatic carbocycles. The van der Waals surface area contributed by atoms with Crippen LogP contribution in [-0.2, 0) is 32.7 Å². The minimum atomic E-state index is -4.64. The highest BCUT2D eigenvalue weighted by molar-refractivity contribution is 7.45. The number of phosphoric acid groups is 1. The minimum Gasteiger partial charge on any atom is -0.756 e. The molecule has 0 aliphatic rings. The lowest BCUT2D eigenvalue weighted by atomic mass is 10.0. The normalized spacial score (nSPS) is 13.9. The molecule has 0 N–H and O–H groups in total. The van der Waals surface area contributed by atoms with Gasteiger partial charge in [-0.1, -0.05) is 215 Å². The predicted molar refractivity (Wildman–Crippen MR) is 291 cm³/mol.